The molecular weight excluding hydrogens is 391 g/mol. The van der Waals surface area contributed by atoms with Gasteiger partial charge in [-0.05, 0) is 43.1 Å². The summed E-state index contributed by atoms with van der Waals surface area (Å²) in [5.74, 6) is -0.893. The number of benzene rings is 1. The van der Waals surface area contributed by atoms with Gasteiger partial charge < -0.3 is 25.0 Å². The van der Waals surface area contributed by atoms with E-state index in [1.165, 1.54) is 30.5 Å². The number of carboxylic acids is 1. The van der Waals surface area contributed by atoms with Crippen LogP contribution in [0.2, 0.25) is 0 Å². The van der Waals surface area contributed by atoms with Gasteiger partial charge in [-0.25, -0.2) is 0 Å². The average Bonchev–Trinajstić information content (AvgIpc) is 3.13. The maximum atomic E-state index is 12.6. The molecule has 2 aromatic rings. The minimum Gasteiger partial charge on any atom is -0.481 e. The Labute approximate surface area is 164 Å². The molecule has 156 valence electrons. The van der Waals surface area contributed by atoms with Crippen LogP contribution in [-0.2, 0) is 4.79 Å². The molecule has 2 atom stereocenters. The lowest BCUT2D eigenvalue weighted by molar-refractivity contribution is -0.274. The number of carboxylic acid groups (broad SMARTS) is 1. The molecule has 2 heterocycles. The first kappa shape index (κ1) is 20.7. The van der Waals surface area contributed by atoms with E-state index in [1.807, 2.05) is 0 Å². The first-order valence-electron chi connectivity index (χ1n) is 8.96. The number of hydrogen-bond acceptors (Lipinski definition) is 6. The van der Waals surface area contributed by atoms with E-state index in [0.29, 0.717) is 31.8 Å². The number of nitrogens with zero attached hydrogens (tertiary/aromatic N) is 1. The van der Waals surface area contributed by atoms with Crippen LogP contribution in [0.5, 0.6) is 5.75 Å². The predicted octanol–water partition coefficient (Wildman–Crippen LogP) is 3.08. The lowest BCUT2D eigenvalue weighted by Crippen LogP contribution is -2.42. The topological polar surface area (TPSA) is 96.1 Å². The van der Waals surface area contributed by atoms with Gasteiger partial charge in [-0.1, -0.05) is 12.1 Å². The summed E-state index contributed by atoms with van der Waals surface area (Å²) in [7, 11) is 0. The van der Waals surface area contributed by atoms with E-state index in [-0.39, 0.29) is 23.0 Å². The van der Waals surface area contributed by atoms with Crippen LogP contribution in [0.15, 0.2) is 45.9 Å². The number of ether oxygens (including phenoxy) is 1. The molecule has 3 N–H and O–H groups in total. The van der Waals surface area contributed by atoms with Gasteiger partial charge in [-0.3, -0.25) is 4.79 Å². The minimum absolute atomic E-state index is 0.126. The fourth-order valence-corrected chi connectivity index (χ4v) is 3.12. The molecule has 0 unspecified atom stereocenters. The van der Waals surface area contributed by atoms with Crippen LogP contribution in [0, 0.1) is 11.8 Å². The van der Waals surface area contributed by atoms with Crippen LogP contribution in [-0.4, -0.2) is 43.3 Å². The summed E-state index contributed by atoms with van der Waals surface area (Å²) in [4.78, 5) is 11.1. The Hall–Kier alpha value is -3.01. The Morgan fingerprint density at radius 3 is 2.86 bits per heavy atom. The molecular formula is C19H20F3N3O4. The summed E-state index contributed by atoms with van der Waals surface area (Å²) in [6, 6.07) is 8.81. The SMILES string of the molecule is O=C(O)[C@H]1CNC[C@H](CN/N=C/c2ccc(-c3ccccc3OC(F)(F)F)o2)C1. The van der Waals surface area contributed by atoms with Crippen molar-refractivity contribution in [2.24, 2.45) is 16.9 Å². The third-order valence-corrected chi connectivity index (χ3v) is 4.46. The maximum Gasteiger partial charge on any atom is 0.573 e. The van der Waals surface area contributed by atoms with Gasteiger partial charge in [0.2, 0.25) is 0 Å². The number of hydrazone groups is 1. The van der Waals surface area contributed by atoms with E-state index < -0.39 is 18.2 Å². The van der Waals surface area contributed by atoms with Gasteiger partial charge in [0.25, 0.3) is 0 Å². The van der Waals surface area contributed by atoms with Gasteiger partial charge in [-0.15, -0.1) is 13.2 Å². The molecule has 3 rings (SSSR count). The van der Waals surface area contributed by atoms with Crippen molar-refractivity contribution in [1.82, 2.24) is 10.7 Å². The number of para-hydroxylation sites is 1. The number of halogens is 3. The fourth-order valence-electron chi connectivity index (χ4n) is 3.12. The standard InChI is InChI=1S/C19H20F3N3O4/c20-19(21,22)29-17-4-2-1-3-15(17)16-6-5-14(28-16)11-25-24-9-12-7-13(18(26)27)10-23-8-12/h1-6,11-13,23-24H,7-10H2,(H,26,27)/b25-11+/t12-,13-/m1/s1. The number of nitrogens with one attached hydrogen (secondary N) is 2. The third kappa shape index (κ3) is 5.98. The molecule has 1 fully saturated rings. The second kappa shape index (κ2) is 8.99. The first-order chi connectivity index (χ1) is 13.8. The number of rotatable bonds is 7. The highest BCUT2D eigenvalue weighted by atomic mass is 19.4. The van der Waals surface area contributed by atoms with Crippen molar-refractivity contribution in [2.45, 2.75) is 12.8 Å². The van der Waals surface area contributed by atoms with Crippen LogP contribution in [0.4, 0.5) is 13.2 Å². The maximum absolute atomic E-state index is 12.6. The molecule has 29 heavy (non-hydrogen) atoms. The van der Waals surface area contributed by atoms with E-state index in [0.717, 1.165) is 0 Å². The molecule has 1 aromatic carbocycles. The summed E-state index contributed by atoms with van der Waals surface area (Å²) in [5, 5.41) is 16.2. The monoisotopic (exact) mass is 411 g/mol. The van der Waals surface area contributed by atoms with Crippen LogP contribution < -0.4 is 15.5 Å². The lowest BCUT2D eigenvalue weighted by Gasteiger charge is -2.27. The Morgan fingerprint density at radius 2 is 2.10 bits per heavy atom. The zero-order valence-electron chi connectivity index (χ0n) is 15.3. The van der Waals surface area contributed by atoms with Gasteiger partial charge >= 0.3 is 12.3 Å². The van der Waals surface area contributed by atoms with Crippen molar-refractivity contribution in [2.75, 3.05) is 19.6 Å². The molecule has 10 heteroatoms. The van der Waals surface area contributed by atoms with Crippen LogP contribution in [0.1, 0.15) is 12.2 Å². The molecule has 7 nitrogen and oxygen atoms in total. The normalized spacial score (nSPS) is 20.0. The third-order valence-electron chi connectivity index (χ3n) is 4.46. The van der Waals surface area contributed by atoms with Crippen molar-refractivity contribution in [3.8, 4) is 17.1 Å². The zero-order valence-corrected chi connectivity index (χ0v) is 15.3. The molecule has 0 spiro atoms. The summed E-state index contributed by atoms with van der Waals surface area (Å²) >= 11 is 0. The number of hydrogen-bond donors (Lipinski definition) is 3. The Morgan fingerprint density at radius 1 is 1.31 bits per heavy atom. The molecule has 1 aliphatic heterocycles. The molecule has 1 aliphatic rings. The average molecular weight is 411 g/mol. The van der Waals surface area contributed by atoms with E-state index >= 15 is 0 Å². The van der Waals surface area contributed by atoms with Crippen LogP contribution in [0.25, 0.3) is 11.3 Å². The molecule has 1 aromatic heterocycles. The Balaban J connectivity index is 1.58. The van der Waals surface area contributed by atoms with Crippen molar-refractivity contribution in [3.63, 3.8) is 0 Å². The van der Waals surface area contributed by atoms with Crippen LogP contribution >= 0.6 is 0 Å². The predicted molar refractivity (Wildman–Crippen MR) is 98.5 cm³/mol. The highest BCUT2D eigenvalue weighted by molar-refractivity contribution is 5.78. The Kier molecular flexibility index (Phi) is 6.42. The summed E-state index contributed by atoms with van der Waals surface area (Å²) in [6.07, 6.45) is -2.84. The smallest absolute Gasteiger partial charge is 0.481 e. The lowest BCUT2D eigenvalue weighted by atomic mass is 9.91. The van der Waals surface area contributed by atoms with E-state index in [2.05, 4.69) is 20.6 Å². The Bertz CT molecular complexity index is 866. The molecule has 1 saturated heterocycles. The number of alkyl halides is 3. The molecule has 0 amide bonds. The summed E-state index contributed by atoms with van der Waals surface area (Å²) in [6.45, 7) is 1.65. The number of furan rings is 1. The summed E-state index contributed by atoms with van der Waals surface area (Å²) in [5.41, 5.74) is 3.03. The fraction of sp³-hybridized carbons (Fsp3) is 0.368. The van der Waals surface area contributed by atoms with Crippen molar-refractivity contribution in [3.05, 3.63) is 42.2 Å². The first-order valence-corrected chi connectivity index (χ1v) is 8.96. The number of piperidine rings is 1. The van der Waals surface area contributed by atoms with E-state index in [9.17, 15) is 18.0 Å². The van der Waals surface area contributed by atoms with Gasteiger partial charge in [0.1, 0.15) is 17.3 Å². The van der Waals surface area contributed by atoms with Gasteiger partial charge in [0.15, 0.2) is 0 Å². The highest BCUT2D eigenvalue weighted by Gasteiger charge is 2.32. The van der Waals surface area contributed by atoms with Gasteiger partial charge in [-0.2, -0.15) is 5.10 Å². The quantitative estimate of drug-likeness (QED) is 0.479. The van der Waals surface area contributed by atoms with E-state index in [4.69, 9.17) is 9.52 Å². The molecule has 0 bridgehead atoms. The van der Waals surface area contributed by atoms with Crippen molar-refractivity contribution in [1.29, 1.82) is 0 Å². The molecule has 0 saturated carbocycles. The van der Waals surface area contributed by atoms with Crippen molar-refractivity contribution < 1.29 is 32.2 Å². The van der Waals surface area contributed by atoms with Gasteiger partial charge in [0.05, 0.1) is 17.7 Å². The zero-order chi connectivity index (χ0) is 20.9. The van der Waals surface area contributed by atoms with Gasteiger partial charge in [0, 0.05) is 13.1 Å². The van der Waals surface area contributed by atoms with E-state index in [1.54, 1.807) is 12.1 Å². The second-order valence-corrected chi connectivity index (χ2v) is 6.66. The highest BCUT2D eigenvalue weighted by Crippen LogP contribution is 2.34. The number of carbonyl (C=O) groups is 1. The van der Waals surface area contributed by atoms with Crippen LogP contribution in [0.3, 0.4) is 0 Å². The summed E-state index contributed by atoms with van der Waals surface area (Å²) < 4.78 is 47.2. The largest absolute Gasteiger partial charge is 0.573 e. The molecule has 0 aliphatic carbocycles. The molecule has 0 radical (unpaired) electrons. The minimum atomic E-state index is -4.80. The number of aliphatic carboxylic acids is 1. The second-order valence-electron chi connectivity index (χ2n) is 6.66. The van der Waals surface area contributed by atoms with Crippen molar-refractivity contribution >= 4 is 12.2 Å².